The van der Waals surface area contributed by atoms with Crippen molar-refractivity contribution in [2.75, 3.05) is 0 Å². The Morgan fingerprint density at radius 3 is 2.92 bits per heavy atom. The van der Waals surface area contributed by atoms with Crippen LogP contribution in [0.4, 0.5) is 0 Å². The minimum Gasteiger partial charge on any atom is -0.459 e. The normalized spacial score (nSPS) is 10.4. The second-order valence-electron chi connectivity index (χ2n) is 2.11. The van der Waals surface area contributed by atoms with Crippen LogP contribution in [-0.4, -0.2) is 10.2 Å². The van der Waals surface area contributed by atoms with Crippen LogP contribution in [0.2, 0.25) is 0 Å². The summed E-state index contributed by atoms with van der Waals surface area (Å²) in [6.45, 7) is 0. The Morgan fingerprint density at radius 1 is 1.42 bits per heavy atom. The van der Waals surface area contributed by atoms with E-state index < -0.39 is 0 Å². The van der Waals surface area contributed by atoms with Crippen molar-refractivity contribution in [3.8, 4) is 11.7 Å². The molecule has 2 aromatic rings. The monoisotopic (exact) mass is 184 g/mol. The smallest absolute Gasteiger partial charge is 0.283 e. The quantitative estimate of drug-likeness (QED) is 0.671. The number of alkyl halides is 1. The molecule has 2 aromatic heterocycles. The van der Waals surface area contributed by atoms with Crippen LogP contribution in [-0.2, 0) is 5.88 Å². The third kappa shape index (κ3) is 1.21. The average Bonchev–Trinajstić information content (AvgIpc) is 2.75. The zero-order valence-electron chi connectivity index (χ0n) is 6.03. The maximum absolute atomic E-state index is 5.47. The lowest BCUT2D eigenvalue weighted by molar-refractivity contribution is 0.493. The summed E-state index contributed by atoms with van der Waals surface area (Å²) < 4.78 is 10.2. The van der Waals surface area contributed by atoms with Crippen LogP contribution in [0.5, 0.6) is 0 Å². The van der Waals surface area contributed by atoms with Gasteiger partial charge in [-0.2, -0.15) is 0 Å². The molecule has 0 aliphatic carbocycles. The first-order chi connectivity index (χ1) is 5.90. The molecule has 0 aliphatic rings. The summed E-state index contributed by atoms with van der Waals surface area (Å²) in [4.78, 5) is 0. The first kappa shape index (κ1) is 7.36. The van der Waals surface area contributed by atoms with E-state index in [1.807, 2.05) is 0 Å². The molecule has 0 saturated carbocycles. The summed E-state index contributed by atoms with van der Waals surface area (Å²) in [6.07, 6.45) is 1.54. The molecule has 0 N–H and O–H groups in total. The minimum absolute atomic E-state index is 0.216. The predicted molar refractivity (Wildman–Crippen MR) is 41.6 cm³/mol. The third-order valence-electron chi connectivity index (χ3n) is 1.31. The molecule has 2 heterocycles. The van der Waals surface area contributed by atoms with Crippen molar-refractivity contribution in [1.82, 2.24) is 10.2 Å². The van der Waals surface area contributed by atoms with Crippen molar-refractivity contribution in [1.29, 1.82) is 0 Å². The number of halogens is 1. The van der Waals surface area contributed by atoms with E-state index in [2.05, 4.69) is 10.2 Å². The molecular weight excluding hydrogens is 180 g/mol. The number of nitrogens with zero attached hydrogens (tertiary/aromatic N) is 2. The van der Waals surface area contributed by atoms with Crippen LogP contribution in [0, 0.1) is 0 Å². The highest BCUT2D eigenvalue weighted by molar-refractivity contribution is 6.16. The Balaban J connectivity index is 2.35. The van der Waals surface area contributed by atoms with E-state index in [9.17, 15) is 0 Å². The maximum atomic E-state index is 5.47. The summed E-state index contributed by atoms with van der Waals surface area (Å²) in [7, 11) is 0. The lowest BCUT2D eigenvalue weighted by Gasteiger charge is -1.83. The molecular formula is C7H5ClN2O2. The van der Waals surface area contributed by atoms with E-state index in [1.54, 1.807) is 18.4 Å². The van der Waals surface area contributed by atoms with Gasteiger partial charge < -0.3 is 8.83 Å². The number of hydrogen-bond acceptors (Lipinski definition) is 4. The topological polar surface area (TPSA) is 52.1 Å². The molecule has 0 fully saturated rings. The predicted octanol–water partition coefficient (Wildman–Crippen LogP) is 2.07. The zero-order chi connectivity index (χ0) is 8.39. The van der Waals surface area contributed by atoms with Gasteiger partial charge in [0, 0.05) is 0 Å². The Hall–Kier alpha value is -1.29. The Labute approximate surface area is 73.2 Å². The fourth-order valence-corrected chi connectivity index (χ4v) is 0.915. The number of hydrogen-bond donors (Lipinski definition) is 0. The van der Waals surface area contributed by atoms with Gasteiger partial charge in [0.1, 0.15) is 5.88 Å². The number of rotatable bonds is 2. The van der Waals surface area contributed by atoms with Crippen LogP contribution in [0.1, 0.15) is 5.89 Å². The molecule has 2 rings (SSSR count). The van der Waals surface area contributed by atoms with E-state index in [-0.39, 0.29) is 5.88 Å². The van der Waals surface area contributed by atoms with E-state index in [0.29, 0.717) is 17.5 Å². The zero-order valence-corrected chi connectivity index (χ0v) is 6.78. The van der Waals surface area contributed by atoms with Gasteiger partial charge in [-0.1, -0.05) is 0 Å². The molecule has 0 unspecified atom stereocenters. The fraction of sp³-hybridized carbons (Fsp3) is 0.143. The summed E-state index contributed by atoms with van der Waals surface area (Å²) in [6, 6.07) is 3.49. The molecule has 0 aromatic carbocycles. The summed E-state index contributed by atoms with van der Waals surface area (Å²) in [5.41, 5.74) is 0. The number of furan rings is 1. The standard InChI is InChI=1S/C7H5ClN2O2/c8-4-6-9-10-7(12-6)5-2-1-3-11-5/h1-3H,4H2. The molecule has 0 bridgehead atoms. The molecule has 0 aliphatic heterocycles. The van der Waals surface area contributed by atoms with E-state index in [1.165, 1.54) is 0 Å². The molecule has 62 valence electrons. The molecule has 12 heavy (non-hydrogen) atoms. The van der Waals surface area contributed by atoms with Crippen LogP contribution in [0.3, 0.4) is 0 Å². The van der Waals surface area contributed by atoms with Gasteiger partial charge in [-0.05, 0) is 12.1 Å². The SMILES string of the molecule is ClCc1nnc(-c2ccco2)o1. The van der Waals surface area contributed by atoms with Gasteiger partial charge in [-0.3, -0.25) is 0 Å². The van der Waals surface area contributed by atoms with Crippen LogP contribution in [0.15, 0.2) is 27.2 Å². The van der Waals surface area contributed by atoms with Gasteiger partial charge in [0.25, 0.3) is 5.89 Å². The molecule has 0 atom stereocenters. The van der Waals surface area contributed by atoms with Gasteiger partial charge in [0.2, 0.25) is 5.89 Å². The van der Waals surface area contributed by atoms with E-state index >= 15 is 0 Å². The first-order valence-corrected chi connectivity index (χ1v) is 3.86. The van der Waals surface area contributed by atoms with E-state index in [4.69, 9.17) is 20.4 Å². The van der Waals surface area contributed by atoms with Gasteiger partial charge in [-0.25, -0.2) is 0 Å². The average molecular weight is 185 g/mol. The Bertz CT molecular complexity index is 355. The van der Waals surface area contributed by atoms with Crippen molar-refractivity contribution >= 4 is 11.6 Å². The van der Waals surface area contributed by atoms with Gasteiger partial charge in [0.05, 0.1) is 6.26 Å². The van der Waals surface area contributed by atoms with Crippen LogP contribution >= 0.6 is 11.6 Å². The largest absolute Gasteiger partial charge is 0.459 e. The molecule has 5 heteroatoms. The maximum Gasteiger partial charge on any atom is 0.283 e. The van der Waals surface area contributed by atoms with Crippen LogP contribution in [0.25, 0.3) is 11.7 Å². The lowest BCUT2D eigenvalue weighted by Crippen LogP contribution is -1.74. The first-order valence-electron chi connectivity index (χ1n) is 3.32. The molecule has 0 saturated heterocycles. The molecule has 4 nitrogen and oxygen atoms in total. The molecule has 0 spiro atoms. The summed E-state index contributed by atoms with van der Waals surface area (Å²) >= 11 is 5.47. The van der Waals surface area contributed by atoms with Crippen molar-refractivity contribution in [2.45, 2.75) is 5.88 Å². The summed E-state index contributed by atoms with van der Waals surface area (Å²) in [5, 5.41) is 7.42. The second-order valence-corrected chi connectivity index (χ2v) is 2.38. The number of aromatic nitrogens is 2. The van der Waals surface area contributed by atoms with Crippen molar-refractivity contribution < 1.29 is 8.83 Å². The highest BCUT2D eigenvalue weighted by Gasteiger charge is 2.08. The van der Waals surface area contributed by atoms with Gasteiger partial charge in [0.15, 0.2) is 5.76 Å². The lowest BCUT2D eigenvalue weighted by atomic mass is 10.5. The van der Waals surface area contributed by atoms with Crippen molar-refractivity contribution in [3.63, 3.8) is 0 Å². The summed E-state index contributed by atoms with van der Waals surface area (Å²) in [5.74, 6) is 1.52. The fourth-order valence-electron chi connectivity index (χ4n) is 0.807. The minimum atomic E-state index is 0.216. The van der Waals surface area contributed by atoms with E-state index in [0.717, 1.165) is 0 Å². The van der Waals surface area contributed by atoms with Crippen molar-refractivity contribution in [3.05, 3.63) is 24.3 Å². The molecule has 0 radical (unpaired) electrons. The second kappa shape index (κ2) is 2.98. The molecule has 0 amide bonds. The van der Waals surface area contributed by atoms with Crippen molar-refractivity contribution in [2.24, 2.45) is 0 Å². The van der Waals surface area contributed by atoms with Crippen LogP contribution < -0.4 is 0 Å². The Kier molecular flexibility index (Phi) is 1.83. The third-order valence-corrected chi connectivity index (χ3v) is 1.54. The van der Waals surface area contributed by atoms with Gasteiger partial charge >= 0.3 is 0 Å². The van der Waals surface area contributed by atoms with Gasteiger partial charge in [-0.15, -0.1) is 21.8 Å². The highest BCUT2D eigenvalue weighted by atomic mass is 35.5. The highest BCUT2D eigenvalue weighted by Crippen LogP contribution is 2.17. The Morgan fingerprint density at radius 2 is 2.33 bits per heavy atom.